The quantitative estimate of drug-likeness (QED) is 0.755. The van der Waals surface area contributed by atoms with Crippen LogP contribution in [-0.4, -0.2) is 46.3 Å². The molecule has 0 radical (unpaired) electrons. The van der Waals surface area contributed by atoms with Gasteiger partial charge < -0.3 is 14.8 Å². The van der Waals surface area contributed by atoms with Crippen LogP contribution in [0.25, 0.3) is 0 Å². The van der Waals surface area contributed by atoms with Gasteiger partial charge in [0, 0.05) is 0 Å². The summed E-state index contributed by atoms with van der Waals surface area (Å²) in [5, 5.41) is 2.78. The van der Waals surface area contributed by atoms with Crippen molar-refractivity contribution < 1.29 is 27.5 Å². The topological polar surface area (TPSA) is 102 Å². The van der Waals surface area contributed by atoms with Crippen molar-refractivity contribution in [3.63, 3.8) is 0 Å². The number of methoxy groups -OCH3 is 1. The Morgan fingerprint density at radius 3 is 2.64 bits per heavy atom. The van der Waals surface area contributed by atoms with E-state index in [1.165, 1.54) is 25.3 Å². The molecule has 0 saturated heterocycles. The van der Waals surface area contributed by atoms with Gasteiger partial charge in [0.1, 0.15) is 5.75 Å². The SMILES string of the molecule is COC(=O)c1ccc(Cl)c(NC(=O)[C@@H]2CN(S(C)(=O)=O)c3ccccc3O2)c1. The first-order valence-corrected chi connectivity index (χ1v) is 10.4. The largest absolute Gasteiger partial charge is 0.476 e. The summed E-state index contributed by atoms with van der Waals surface area (Å²) in [4.78, 5) is 24.4. The summed E-state index contributed by atoms with van der Waals surface area (Å²) in [5.74, 6) is -0.918. The van der Waals surface area contributed by atoms with Crippen LogP contribution in [0.2, 0.25) is 5.02 Å². The van der Waals surface area contributed by atoms with E-state index in [-0.39, 0.29) is 28.6 Å². The number of carbonyl (C=O) groups is 2. The third-order valence-corrected chi connectivity index (χ3v) is 5.55. The molecule has 0 bridgehead atoms. The van der Waals surface area contributed by atoms with Crippen LogP contribution < -0.4 is 14.4 Å². The molecular weight excluding hydrogens is 408 g/mol. The van der Waals surface area contributed by atoms with Crippen LogP contribution in [0, 0.1) is 0 Å². The lowest BCUT2D eigenvalue weighted by Crippen LogP contribution is -2.48. The predicted molar refractivity (Wildman–Crippen MR) is 104 cm³/mol. The molecule has 1 aliphatic rings. The number of halogens is 1. The van der Waals surface area contributed by atoms with Gasteiger partial charge in [-0.1, -0.05) is 23.7 Å². The molecule has 1 amide bonds. The van der Waals surface area contributed by atoms with E-state index >= 15 is 0 Å². The lowest BCUT2D eigenvalue weighted by Gasteiger charge is -2.33. The van der Waals surface area contributed by atoms with Crippen LogP contribution in [0.3, 0.4) is 0 Å². The highest BCUT2D eigenvalue weighted by Gasteiger charge is 2.35. The van der Waals surface area contributed by atoms with Crippen LogP contribution in [-0.2, 0) is 19.6 Å². The van der Waals surface area contributed by atoms with E-state index in [4.69, 9.17) is 16.3 Å². The van der Waals surface area contributed by atoms with Crippen molar-refractivity contribution in [2.75, 3.05) is 29.5 Å². The molecule has 1 atom stereocenters. The lowest BCUT2D eigenvalue weighted by atomic mass is 10.2. The second-order valence-corrected chi connectivity index (χ2v) is 8.36. The minimum atomic E-state index is -3.62. The zero-order valence-electron chi connectivity index (χ0n) is 15.0. The maximum absolute atomic E-state index is 12.7. The second kappa shape index (κ2) is 7.69. The second-order valence-electron chi connectivity index (χ2n) is 6.04. The number of nitrogens with zero attached hydrogens (tertiary/aromatic N) is 1. The number of amides is 1. The number of hydrogen-bond acceptors (Lipinski definition) is 6. The van der Waals surface area contributed by atoms with E-state index in [2.05, 4.69) is 10.1 Å². The number of rotatable bonds is 4. The fourth-order valence-electron chi connectivity index (χ4n) is 2.73. The molecule has 148 valence electrons. The van der Waals surface area contributed by atoms with Gasteiger partial charge in [0.25, 0.3) is 5.91 Å². The molecule has 3 rings (SSSR count). The number of nitrogens with one attached hydrogen (secondary N) is 1. The third-order valence-electron chi connectivity index (χ3n) is 4.07. The van der Waals surface area contributed by atoms with E-state index in [1.54, 1.807) is 24.3 Å². The summed E-state index contributed by atoms with van der Waals surface area (Å²) >= 11 is 6.10. The molecule has 1 heterocycles. The molecule has 0 spiro atoms. The average Bonchev–Trinajstić information content (AvgIpc) is 2.67. The van der Waals surface area contributed by atoms with E-state index in [0.717, 1.165) is 10.6 Å². The number of para-hydroxylation sites is 2. The van der Waals surface area contributed by atoms with Gasteiger partial charge in [0.15, 0.2) is 6.10 Å². The average molecular weight is 425 g/mol. The van der Waals surface area contributed by atoms with Crippen molar-refractivity contribution >= 4 is 44.9 Å². The first-order valence-electron chi connectivity index (χ1n) is 8.13. The van der Waals surface area contributed by atoms with Gasteiger partial charge in [-0.15, -0.1) is 0 Å². The van der Waals surface area contributed by atoms with Crippen LogP contribution in [0.4, 0.5) is 11.4 Å². The Morgan fingerprint density at radius 2 is 1.96 bits per heavy atom. The Hall–Kier alpha value is -2.78. The highest BCUT2D eigenvalue weighted by Crippen LogP contribution is 2.35. The molecule has 2 aromatic carbocycles. The Labute approximate surface area is 167 Å². The summed E-state index contributed by atoms with van der Waals surface area (Å²) in [6.45, 7) is -0.198. The first-order chi connectivity index (χ1) is 13.2. The fourth-order valence-corrected chi connectivity index (χ4v) is 3.81. The highest BCUT2D eigenvalue weighted by molar-refractivity contribution is 7.92. The van der Waals surface area contributed by atoms with Gasteiger partial charge in [0.2, 0.25) is 10.0 Å². The fraction of sp³-hybridized carbons (Fsp3) is 0.222. The molecule has 2 aromatic rings. The zero-order valence-corrected chi connectivity index (χ0v) is 16.6. The molecule has 1 N–H and O–H groups in total. The van der Waals surface area contributed by atoms with E-state index < -0.39 is 28.0 Å². The van der Waals surface area contributed by atoms with Crippen molar-refractivity contribution in [3.8, 4) is 5.75 Å². The van der Waals surface area contributed by atoms with Gasteiger partial charge in [0.05, 0.1) is 41.9 Å². The van der Waals surface area contributed by atoms with Crippen molar-refractivity contribution in [1.29, 1.82) is 0 Å². The molecule has 0 unspecified atom stereocenters. The maximum Gasteiger partial charge on any atom is 0.337 e. The Balaban J connectivity index is 1.87. The minimum Gasteiger partial charge on any atom is -0.476 e. The number of esters is 1. The molecular formula is C18H17ClN2O6S. The number of hydrogen-bond donors (Lipinski definition) is 1. The van der Waals surface area contributed by atoms with Crippen LogP contribution in [0.5, 0.6) is 5.75 Å². The molecule has 8 nitrogen and oxygen atoms in total. The standard InChI is InChI=1S/C18H17ClN2O6S/c1-26-18(23)11-7-8-12(19)13(9-11)20-17(22)16-10-21(28(2,24)25)14-5-3-4-6-15(14)27-16/h3-9,16H,10H2,1-2H3,(H,20,22)/t16-/m0/s1. The molecule has 1 aliphatic heterocycles. The van der Waals surface area contributed by atoms with Gasteiger partial charge in [-0.05, 0) is 30.3 Å². The van der Waals surface area contributed by atoms with Gasteiger partial charge in [-0.3, -0.25) is 9.10 Å². The number of anilines is 2. The van der Waals surface area contributed by atoms with Crippen molar-refractivity contribution in [1.82, 2.24) is 0 Å². The van der Waals surface area contributed by atoms with E-state index in [0.29, 0.717) is 5.69 Å². The Bertz CT molecular complexity index is 1040. The monoisotopic (exact) mass is 424 g/mol. The summed E-state index contributed by atoms with van der Waals surface area (Å²) in [5.41, 5.74) is 0.748. The predicted octanol–water partition coefficient (Wildman–Crippen LogP) is 2.29. The summed E-state index contributed by atoms with van der Waals surface area (Å²) in [6.07, 6.45) is -0.0525. The van der Waals surface area contributed by atoms with Crippen molar-refractivity contribution in [2.45, 2.75) is 6.10 Å². The third kappa shape index (κ3) is 4.05. The van der Waals surface area contributed by atoms with Gasteiger partial charge in [-0.25, -0.2) is 13.2 Å². The Kier molecular flexibility index (Phi) is 5.48. The van der Waals surface area contributed by atoms with Gasteiger partial charge in [-0.2, -0.15) is 0 Å². The molecule has 0 fully saturated rings. The molecule has 0 aliphatic carbocycles. The van der Waals surface area contributed by atoms with Gasteiger partial charge >= 0.3 is 5.97 Å². The number of benzene rings is 2. The van der Waals surface area contributed by atoms with E-state index in [1.807, 2.05) is 0 Å². The van der Waals surface area contributed by atoms with Crippen LogP contribution >= 0.6 is 11.6 Å². The minimum absolute atomic E-state index is 0.183. The number of sulfonamides is 1. The normalized spacial score (nSPS) is 16.0. The van der Waals surface area contributed by atoms with Crippen LogP contribution in [0.1, 0.15) is 10.4 Å². The molecule has 0 aromatic heterocycles. The van der Waals surface area contributed by atoms with E-state index in [9.17, 15) is 18.0 Å². The smallest absolute Gasteiger partial charge is 0.337 e. The Morgan fingerprint density at radius 1 is 1.25 bits per heavy atom. The number of carbonyl (C=O) groups excluding carboxylic acids is 2. The summed E-state index contributed by atoms with van der Waals surface area (Å²) in [7, 11) is -2.38. The van der Waals surface area contributed by atoms with Crippen molar-refractivity contribution in [3.05, 3.63) is 53.1 Å². The lowest BCUT2D eigenvalue weighted by molar-refractivity contribution is -0.122. The highest BCUT2D eigenvalue weighted by atomic mass is 35.5. The molecule has 10 heteroatoms. The number of ether oxygens (including phenoxy) is 2. The summed E-state index contributed by atoms with van der Waals surface area (Å²) < 4.78 is 35.7. The molecule has 28 heavy (non-hydrogen) atoms. The number of fused-ring (bicyclic) bond motifs is 1. The summed E-state index contributed by atoms with van der Waals surface area (Å²) in [6, 6.07) is 10.8. The molecule has 0 saturated carbocycles. The van der Waals surface area contributed by atoms with Crippen molar-refractivity contribution in [2.24, 2.45) is 0 Å². The zero-order chi connectivity index (χ0) is 20.5. The van der Waals surface area contributed by atoms with Crippen LogP contribution in [0.15, 0.2) is 42.5 Å². The maximum atomic E-state index is 12.7. The first kappa shape index (κ1) is 20.0.